The van der Waals surface area contributed by atoms with Gasteiger partial charge < -0.3 is 18.9 Å². The molecule has 1 unspecified atom stereocenters. The number of hydrogen-bond acceptors (Lipinski definition) is 5. The molecule has 1 atom stereocenters. The molecule has 55 heavy (non-hydrogen) atoms. The Morgan fingerprint density at radius 1 is 0.727 bits per heavy atom. The van der Waals surface area contributed by atoms with Crippen LogP contribution in [-0.2, 0) is 19.0 Å². The SMILES string of the molecule is CCCCCCCCCOCC#Cc1ccc(C2C=CC(OC(=O)C#Cc3ccc(OCCCCCCCCCCCCC4(CC)COC4)cc3)=CC2)cc1. The minimum absolute atomic E-state index is 0.225. The Hall–Kier alpha value is -3.77. The van der Waals surface area contributed by atoms with Crippen molar-refractivity contribution in [3.05, 3.63) is 89.2 Å². The molecule has 2 aromatic rings. The Balaban J connectivity index is 1.00. The molecular weight excluding hydrogens is 681 g/mol. The first-order valence-electron chi connectivity index (χ1n) is 21.7. The molecule has 1 saturated heterocycles. The van der Waals surface area contributed by atoms with Crippen molar-refractivity contribution < 1.29 is 23.7 Å². The maximum absolute atomic E-state index is 12.4. The van der Waals surface area contributed by atoms with Crippen molar-refractivity contribution in [2.24, 2.45) is 5.41 Å². The molecule has 0 radical (unpaired) electrons. The molecule has 2 aliphatic rings. The van der Waals surface area contributed by atoms with Gasteiger partial charge in [-0.1, -0.05) is 146 Å². The van der Waals surface area contributed by atoms with Crippen LogP contribution in [0.2, 0.25) is 0 Å². The largest absolute Gasteiger partial charge is 0.494 e. The molecular formula is C50H68O5. The molecule has 0 amide bonds. The van der Waals surface area contributed by atoms with Gasteiger partial charge in [-0.2, -0.15) is 0 Å². The minimum Gasteiger partial charge on any atom is -0.494 e. The van der Waals surface area contributed by atoms with Gasteiger partial charge in [0.15, 0.2) is 0 Å². The number of carbonyl (C=O) groups excluding carboxylic acids is 1. The fourth-order valence-electron chi connectivity index (χ4n) is 7.17. The van der Waals surface area contributed by atoms with E-state index in [0.29, 0.717) is 17.8 Å². The normalized spacial score (nSPS) is 15.5. The molecule has 1 aliphatic heterocycles. The molecule has 1 fully saturated rings. The third-order valence-electron chi connectivity index (χ3n) is 11.0. The van der Waals surface area contributed by atoms with Gasteiger partial charge in [0, 0.05) is 35.0 Å². The van der Waals surface area contributed by atoms with Crippen molar-refractivity contribution >= 4 is 5.97 Å². The van der Waals surface area contributed by atoms with Crippen LogP contribution >= 0.6 is 0 Å². The van der Waals surface area contributed by atoms with Gasteiger partial charge in [-0.05, 0) is 86.2 Å². The lowest BCUT2D eigenvalue weighted by molar-refractivity contribution is -0.132. The molecule has 5 nitrogen and oxygen atoms in total. The molecule has 0 N–H and O–H groups in total. The first-order chi connectivity index (χ1) is 27.1. The van der Waals surface area contributed by atoms with Gasteiger partial charge in [-0.25, -0.2) is 4.79 Å². The number of esters is 1. The summed E-state index contributed by atoms with van der Waals surface area (Å²) in [5.74, 6) is 12.9. The van der Waals surface area contributed by atoms with Gasteiger partial charge in [-0.15, -0.1) is 0 Å². The van der Waals surface area contributed by atoms with Gasteiger partial charge >= 0.3 is 5.97 Å². The first kappa shape index (κ1) is 44.0. The van der Waals surface area contributed by atoms with E-state index in [1.165, 1.54) is 115 Å². The number of unbranched alkanes of at least 4 members (excludes halogenated alkanes) is 15. The predicted octanol–water partition coefficient (Wildman–Crippen LogP) is 12.4. The van der Waals surface area contributed by atoms with Crippen LogP contribution in [0.15, 0.2) is 72.5 Å². The van der Waals surface area contributed by atoms with Crippen LogP contribution < -0.4 is 4.74 Å². The lowest BCUT2D eigenvalue weighted by atomic mass is 9.78. The number of carbonyl (C=O) groups is 1. The van der Waals surface area contributed by atoms with E-state index in [-0.39, 0.29) is 5.92 Å². The third-order valence-corrected chi connectivity index (χ3v) is 11.0. The maximum atomic E-state index is 12.4. The van der Waals surface area contributed by atoms with E-state index in [9.17, 15) is 4.79 Å². The summed E-state index contributed by atoms with van der Waals surface area (Å²) in [4.78, 5) is 12.4. The van der Waals surface area contributed by atoms with Crippen LogP contribution in [0.1, 0.15) is 165 Å². The van der Waals surface area contributed by atoms with E-state index in [2.05, 4.69) is 67.9 Å². The fraction of sp³-hybridized carbons (Fsp3) is 0.580. The molecule has 1 heterocycles. The van der Waals surface area contributed by atoms with E-state index in [0.717, 1.165) is 62.6 Å². The zero-order valence-electron chi connectivity index (χ0n) is 34.1. The summed E-state index contributed by atoms with van der Waals surface area (Å²) < 4.78 is 22.6. The average Bonchev–Trinajstić information content (AvgIpc) is 3.20. The first-order valence-corrected chi connectivity index (χ1v) is 21.7. The maximum Gasteiger partial charge on any atom is 0.390 e. The Kier molecular flexibility index (Phi) is 21.5. The lowest BCUT2D eigenvalue weighted by Crippen LogP contribution is -2.41. The van der Waals surface area contributed by atoms with Gasteiger partial charge in [-0.3, -0.25) is 0 Å². The highest BCUT2D eigenvalue weighted by Gasteiger charge is 2.35. The molecule has 0 spiro atoms. The van der Waals surface area contributed by atoms with E-state index < -0.39 is 5.97 Å². The molecule has 5 heteroatoms. The van der Waals surface area contributed by atoms with E-state index in [4.69, 9.17) is 18.9 Å². The molecule has 4 rings (SSSR count). The standard InChI is InChI=1S/C50H68O5/c1-3-5-6-7-13-16-19-38-52-39-21-22-43-23-28-45(29-24-43)46-30-34-48(35-31-46)55-49(51)36-27-44-25-32-47(33-26-44)54-40-20-17-14-11-9-8-10-12-15-18-37-50(4-2)41-53-42-50/h23-26,28-30,32-35,46H,3-20,31,37-42H2,1-2H3. The zero-order chi connectivity index (χ0) is 38.7. The second-order valence-electron chi connectivity index (χ2n) is 15.5. The molecule has 298 valence electrons. The van der Waals surface area contributed by atoms with Crippen molar-refractivity contribution in [1.82, 2.24) is 0 Å². The highest BCUT2D eigenvalue weighted by atomic mass is 16.5. The van der Waals surface area contributed by atoms with Crippen LogP contribution in [0.4, 0.5) is 0 Å². The Morgan fingerprint density at radius 2 is 1.33 bits per heavy atom. The van der Waals surface area contributed by atoms with Crippen molar-refractivity contribution in [2.45, 2.75) is 148 Å². The summed E-state index contributed by atoms with van der Waals surface area (Å²) in [6.45, 7) is 8.51. The van der Waals surface area contributed by atoms with Crippen molar-refractivity contribution in [2.75, 3.05) is 33.0 Å². The number of rotatable bonds is 26. The van der Waals surface area contributed by atoms with Gasteiger partial charge in [0.1, 0.15) is 18.1 Å². The van der Waals surface area contributed by atoms with Crippen LogP contribution in [0.3, 0.4) is 0 Å². The highest BCUT2D eigenvalue weighted by Crippen LogP contribution is 2.36. The topological polar surface area (TPSA) is 54.0 Å². The van der Waals surface area contributed by atoms with Gasteiger partial charge in [0.05, 0.1) is 19.8 Å². The quantitative estimate of drug-likeness (QED) is 0.0545. The number of benzene rings is 2. The van der Waals surface area contributed by atoms with Crippen molar-refractivity contribution in [3.8, 4) is 29.4 Å². The number of ether oxygens (including phenoxy) is 4. The van der Waals surface area contributed by atoms with Crippen molar-refractivity contribution in [1.29, 1.82) is 0 Å². The predicted molar refractivity (Wildman–Crippen MR) is 226 cm³/mol. The number of allylic oxidation sites excluding steroid dienone is 3. The second kappa shape index (κ2) is 26.9. The summed E-state index contributed by atoms with van der Waals surface area (Å²) in [7, 11) is 0. The fourth-order valence-corrected chi connectivity index (χ4v) is 7.17. The Labute approximate surface area is 334 Å². The molecule has 0 aromatic heterocycles. The molecule has 0 bridgehead atoms. The van der Waals surface area contributed by atoms with Gasteiger partial charge in [0.25, 0.3) is 0 Å². The van der Waals surface area contributed by atoms with Crippen molar-refractivity contribution in [3.63, 3.8) is 0 Å². The summed E-state index contributed by atoms with van der Waals surface area (Å²) in [5, 5.41) is 0. The van der Waals surface area contributed by atoms with Crippen LogP contribution in [0.25, 0.3) is 0 Å². The average molecular weight is 749 g/mol. The van der Waals surface area contributed by atoms with E-state index in [1.807, 2.05) is 36.4 Å². The van der Waals surface area contributed by atoms with Gasteiger partial charge in [0.2, 0.25) is 0 Å². The Morgan fingerprint density at radius 3 is 1.93 bits per heavy atom. The van der Waals surface area contributed by atoms with Crippen LogP contribution in [0, 0.1) is 29.1 Å². The summed E-state index contributed by atoms with van der Waals surface area (Å²) in [5.41, 5.74) is 3.46. The smallest absolute Gasteiger partial charge is 0.390 e. The summed E-state index contributed by atoms with van der Waals surface area (Å²) in [6, 6.07) is 15.9. The second-order valence-corrected chi connectivity index (χ2v) is 15.5. The zero-order valence-corrected chi connectivity index (χ0v) is 34.1. The number of hydrogen-bond donors (Lipinski definition) is 0. The van der Waals surface area contributed by atoms with Crippen LogP contribution in [-0.4, -0.2) is 39.0 Å². The Bertz CT molecular complexity index is 1540. The molecule has 2 aromatic carbocycles. The summed E-state index contributed by atoms with van der Waals surface area (Å²) in [6.07, 6.45) is 31.3. The monoisotopic (exact) mass is 749 g/mol. The highest BCUT2D eigenvalue weighted by molar-refractivity contribution is 5.90. The summed E-state index contributed by atoms with van der Waals surface area (Å²) >= 11 is 0. The minimum atomic E-state index is -0.566. The third kappa shape index (κ3) is 18.2. The van der Waals surface area contributed by atoms with E-state index >= 15 is 0 Å². The van der Waals surface area contributed by atoms with E-state index in [1.54, 1.807) is 0 Å². The molecule has 0 saturated carbocycles. The van der Waals surface area contributed by atoms with Crippen LogP contribution in [0.5, 0.6) is 5.75 Å². The lowest BCUT2D eigenvalue weighted by Gasteiger charge is -2.41. The molecule has 1 aliphatic carbocycles.